The largest absolute Gasteiger partial charge is 0.401 e. The minimum atomic E-state index is -4.09. The number of alkyl halides is 3. The second-order valence-electron chi connectivity index (χ2n) is 4.85. The molecule has 1 rings (SSSR count). The third-order valence-electron chi connectivity index (χ3n) is 2.91. The summed E-state index contributed by atoms with van der Waals surface area (Å²) in [5.74, 6) is 0. The van der Waals surface area contributed by atoms with E-state index in [-0.39, 0.29) is 5.41 Å². The van der Waals surface area contributed by atoms with E-state index in [0.29, 0.717) is 6.54 Å². The molecule has 0 aliphatic carbocycles. The standard InChI is InChI=1S/C10H19F3N2/c1-9(3-5-14-6-4-9)7-15(2)8-10(11,12)13/h14H,3-8H2,1-2H3. The summed E-state index contributed by atoms with van der Waals surface area (Å²) >= 11 is 0. The van der Waals surface area contributed by atoms with Gasteiger partial charge in [-0.05, 0) is 38.4 Å². The monoisotopic (exact) mass is 224 g/mol. The van der Waals surface area contributed by atoms with Gasteiger partial charge in [0.05, 0.1) is 6.54 Å². The highest BCUT2D eigenvalue weighted by atomic mass is 19.4. The maximum Gasteiger partial charge on any atom is 0.401 e. The van der Waals surface area contributed by atoms with Crippen LogP contribution in [0, 0.1) is 5.41 Å². The van der Waals surface area contributed by atoms with Crippen LogP contribution in [0.5, 0.6) is 0 Å². The second kappa shape index (κ2) is 4.70. The van der Waals surface area contributed by atoms with Crippen LogP contribution in [0.4, 0.5) is 13.2 Å². The summed E-state index contributed by atoms with van der Waals surface area (Å²) in [7, 11) is 1.54. The first kappa shape index (κ1) is 12.8. The SMILES string of the molecule is CN(CC(F)(F)F)CC1(C)CCNCC1. The first-order chi connectivity index (χ1) is 6.81. The highest BCUT2D eigenvalue weighted by Crippen LogP contribution is 2.29. The number of rotatable bonds is 3. The van der Waals surface area contributed by atoms with Gasteiger partial charge < -0.3 is 5.32 Å². The summed E-state index contributed by atoms with van der Waals surface area (Å²) < 4.78 is 36.4. The summed E-state index contributed by atoms with van der Waals surface area (Å²) in [6.45, 7) is 3.61. The molecule has 5 heteroatoms. The molecule has 0 aromatic carbocycles. The third-order valence-corrected chi connectivity index (χ3v) is 2.91. The van der Waals surface area contributed by atoms with Crippen LogP contribution in [0.1, 0.15) is 19.8 Å². The Hall–Kier alpha value is -0.290. The van der Waals surface area contributed by atoms with Crippen molar-refractivity contribution < 1.29 is 13.2 Å². The first-order valence-electron chi connectivity index (χ1n) is 5.27. The van der Waals surface area contributed by atoms with Gasteiger partial charge >= 0.3 is 6.18 Å². The van der Waals surface area contributed by atoms with Crippen LogP contribution >= 0.6 is 0 Å². The van der Waals surface area contributed by atoms with Gasteiger partial charge in [-0.1, -0.05) is 6.92 Å². The van der Waals surface area contributed by atoms with Crippen LogP contribution in [0.15, 0.2) is 0 Å². The Bertz CT molecular complexity index is 197. The van der Waals surface area contributed by atoms with Gasteiger partial charge in [0.15, 0.2) is 0 Å². The Labute approximate surface area is 88.8 Å². The maximum absolute atomic E-state index is 12.1. The smallest absolute Gasteiger partial charge is 0.317 e. The van der Waals surface area contributed by atoms with E-state index in [1.165, 1.54) is 4.90 Å². The molecule has 0 unspecified atom stereocenters. The molecule has 1 fully saturated rings. The van der Waals surface area contributed by atoms with Crippen LogP contribution in [0.3, 0.4) is 0 Å². The van der Waals surface area contributed by atoms with Gasteiger partial charge in [-0.3, -0.25) is 4.90 Å². The molecule has 0 saturated carbocycles. The number of halogens is 3. The van der Waals surface area contributed by atoms with E-state index in [1.807, 2.05) is 0 Å². The lowest BCUT2D eigenvalue weighted by Crippen LogP contribution is -2.44. The Morgan fingerprint density at radius 2 is 1.80 bits per heavy atom. The number of piperidine rings is 1. The molecular formula is C10H19F3N2. The van der Waals surface area contributed by atoms with Crippen molar-refractivity contribution in [1.29, 1.82) is 0 Å². The Morgan fingerprint density at radius 1 is 1.27 bits per heavy atom. The summed E-state index contributed by atoms with van der Waals surface area (Å²) in [5, 5.41) is 3.22. The number of nitrogens with zero attached hydrogens (tertiary/aromatic N) is 1. The van der Waals surface area contributed by atoms with Crippen molar-refractivity contribution in [2.75, 3.05) is 33.2 Å². The molecule has 15 heavy (non-hydrogen) atoms. The van der Waals surface area contributed by atoms with Crippen molar-refractivity contribution in [3.63, 3.8) is 0 Å². The van der Waals surface area contributed by atoms with Gasteiger partial charge in [0, 0.05) is 6.54 Å². The fourth-order valence-corrected chi connectivity index (χ4v) is 2.20. The van der Waals surface area contributed by atoms with Gasteiger partial charge in [0.1, 0.15) is 0 Å². The molecule has 1 heterocycles. The highest BCUT2D eigenvalue weighted by Gasteiger charge is 2.33. The minimum Gasteiger partial charge on any atom is -0.317 e. The molecule has 1 N–H and O–H groups in total. The molecular weight excluding hydrogens is 205 g/mol. The van der Waals surface area contributed by atoms with Gasteiger partial charge in [-0.15, -0.1) is 0 Å². The average Bonchev–Trinajstić information content (AvgIpc) is 1.99. The molecule has 0 aromatic heterocycles. The summed E-state index contributed by atoms with van der Waals surface area (Å²) in [5.41, 5.74) is 0.0330. The summed E-state index contributed by atoms with van der Waals surface area (Å²) in [6.07, 6.45) is -2.18. The fraction of sp³-hybridized carbons (Fsp3) is 1.00. The lowest BCUT2D eigenvalue weighted by molar-refractivity contribution is -0.146. The van der Waals surface area contributed by atoms with Gasteiger partial charge in [0.2, 0.25) is 0 Å². The average molecular weight is 224 g/mol. The second-order valence-corrected chi connectivity index (χ2v) is 4.85. The van der Waals surface area contributed by atoms with Crippen LogP contribution < -0.4 is 5.32 Å². The topological polar surface area (TPSA) is 15.3 Å². The molecule has 1 saturated heterocycles. The first-order valence-corrected chi connectivity index (χ1v) is 5.27. The zero-order valence-corrected chi connectivity index (χ0v) is 9.32. The molecule has 0 amide bonds. The van der Waals surface area contributed by atoms with Crippen molar-refractivity contribution >= 4 is 0 Å². The van der Waals surface area contributed by atoms with Gasteiger partial charge in [0.25, 0.3) is 0 Å². The van der Waals surface area contributed by atoms with Crippen molar-refractivity contribution in [1.82, 2.24) is 10.2 Å². The van der Waals surface area contributed by atoms with Crippen molar-refractivity contribution in [3.05, 3.63) is 0 Å². The number of hydrogen-bond donors (Lipinski definition) is 1. The molecule has 90 valence electrons. The summed E-state index contributed by atoms with van der Waals surface area (Å²) in [6, 6.07) is 0. The van der Waals surface area contributed by atoms with E-state index in [9.17, 15) is 13.2 Å². The Balaban J connectivity index is 2.38. The zero-order valence-electron chi connectivity index (χ0n) is 9.32. The highest BCUT2D eigenvalue weighted by molar-refractivity contribution is 4.83. The molecule has 0 spiro atoms. The summed E-state index contributed by atoms with van der Waals surface area (Å²) in [4.78, 5) is 1.38. The predicted molar refractivity (Wildman–Crippen MR) is 53.8 cm³/mol. The van der Waals surface area contributed by atoms with Crippen molar-refractivity contribution in [3.8, 4) is 0 Å². The van der Waals surface area contributed by atoms with E-state index in [1.54, 1.807) is 7.05 Å². The predicted octanol–water partition coefficient (Wildman–Crippen LogP) is 1.87. The van der Waals surface area contributed by atoms with E-state index in [0.717, 1.165) is 25.9 Å². The van der Waals surface area contributed by atoms with E-state index in [4.69, 9.17) is 0 Å². The lowest BCUT2D eigenvalue weighted by Gasteiger charge is -2.37. The van der Waals surface area contributed by atoms with E-state index >= 15 is 0 Å². The van der Waals surface area contributed by atoms with Gasteiger partial charge in [-0.25, -0.2) is 0 Å². The van der Waals surface area contributed by atoms with E-state index in [2.05, 4.69) is 12.2 Å². The maximum atomic E-state index is 12.1. The Kier molecular flexibility index (Phi) is 4.00. The molecule has 0 atom stereocenters. The van der Waals surface area contributed by atoms with Crippen LogP contribution in [0.2, 0.25) is 0 Å². The molecule has 1 aliphatic heterocycles. The van der Waals surface area contributed by atoms with Crippen molar-refractivity contribution in [2.45, 2.75) is 25.9 Å². The van der Waals surface area contributed by atoms with Gasteiger partial charge in [-0.2, -0.15) is 13.2 Å². The third kappa shape index (κ3) is 4.84. The normalized spacial score (nSPS) is 22.0. The van der Waals surface area contributed by atoms with Crippen LogP contribution in [0.25, 0.3) is 0 Å². The van der Waals surface area contributed by atoms with Crippen molar-refractivity contribution in [2.24, 2.45) is 5.41 Å². The fourth-order valence-electron chi connectivity index (χ4n) is 2.20. The zero-order chi connectivity index (χ0) is 11.5. The van der Waals surface area contributed by atoms with Crippen LogP contribution in [-0.4, -0.2) is 44.3 Å². The molecule has 0 aromatic rings. The lowest BCUT2D eigenvalue weighted by atomic mass is 9.80. The number of hydrogen-bond acceptors (Lipinski definition) is 2. The quantitative estimate of drug-likeness (QED) is 0.787. The molecule has 0 radical (unpaired) electrons. The number of nitrogens with one attached hydrogen (secondary N) is 1. The molecule has 2 nitrogen and oxygen atoms in total. The minimum absolute atomic E-state index is 0.0330. The molecule has 1 aliphatic rings. The van der Waals surface area contributed by atoms with Crippen LogP contribution in [-0.2, 0) is 0 Å². The Morgan fingerprint density at radius 3 is 2.27 bits per heavy atom. The van der Waals surface area contributed by atoms with E-state index < -0.39 is 12.7 Å². The molecule has 0 bridgehead atoms.